The fourth-order valence-corrected chi connectivity index (χ4v) is 2.81. The SMILES string of the molecule is CC(C)CN(CC(=O)O)C(=O)NCC1(C)CCCCC1. The van der Waals surface area contributed by atoms with E-state index in [1.807, 2.05) is 13.8 Å². The van der Waals surface area contributed by atoms with Gasteiger partial charge >= 0.3 is 12.0 Å². The van der Waals surface area contributed by atoms with Gasteiger partial charge in [-0.05, 0) is 24.2 Å². The van der Waals surface area contributed by atoms with E-state index in [1.165, 1.54) is 24.2 Å². The number of nitrogens with one attached hydrogen (secondary N) is 1. The van der Waals surface area contributed by atoms with Crippen molar-refractivity contribution >= 4 is 12.0 Å². The fourth-order valence-electron chi connectivity index (χ4n) is 2.81. The third kappa shape index (κ3) is 5.80. The Bertz CT molecular complexity index is 336. The van der Waals surface area contributed by atoms with E-state index in [1.54, 1.807) is 0 Å². The minimum Gasteiger partial charge on any atom is -0.480 e. The quantitative estimate of drug-likeness (QED) is 0.788. The number of carbonyl (C=O) groups is 2. The average molecular weight is 284 g/mol. The van der Waals surface area contributed by atoms with E-state index in [9.17, 15) is 9.59 Å². The molecule has 0 bridgehead atoms. The molecule has 0 spiro atoms. The monoisotopic (exact) mass is 284 g/mol. The van der Waals surface area contributed by atoms with E-state index < -0.39 is 5.97 Å². The van der Waals surface area contributed by atoms with Gasteiger partial charge in [-0.25, -0.2) is 4.79 Å². The number of urea groups is 1. The topological polar surface area (TPSA) is 69.6 Å². The highest BCUT2D eigenvalue weighted by Crippen LogP contribution is 2.34. The van der Waals surface area contributed by atoms with Crippen LogP contribution in [0.5, 0.6) is 0 Å². The summed E-state index contributed by atoms with van der Waals surface area (Å²) in [7, 11) is 0. The first-order chi connectivity index (χ1) is 9.32. The Hall–Kier alpha value is -1.26. The van der Waals surface area contributed by atoms with Gasteiger partial charge in [-0.1, -0.05) is 40.0 Å². The molecule has 0 unspecified atom stereocenters. The van der Waals surface area contributed by atoms with Crippen LogP contribution >= 0.6 is 0 Å². The zero-order valence-electron chi connectivity index (χ0n) is 12.9. The number of amides is 2. The van der Waals surface area contributed by atoms with Crippen molar-refractivity contribution < 1.29 is 14.7 Å². The second-order valence-corrected chi connectivity index (χ2v) is 6.70. The molecule has 5 nitrogen and oxygen atoms in total. The minimum atomic E-state index is -0.968. The smallest absolute Gasteiger partial charge is 0.323 e. The summed E-state index contributed by atoms with van der Waals surface area (Å²) >= 11 is 0. The molecule has 1 aliphatic carbocycles. The molecule has 1 rings (SSSR count). The largest absolute Gasteiger partial charge is 0.480 e. The molecule has 0 aromatic rings. The maximum absolute atomic E-state index is 12.2. The van der Waals surface area contributed by atoms with Gasteiger partial charge in [0.25, 0.3) is 0 Å². The van der Waals surface area contributed by atoms with Gasteiger partial charge in [0.1, 0.15) is 6.54 Å². The van der Waals surface area contributed by atoms with Crippen molar-refractivity contribution in [1.82, 2.24) is 10.2 Å². The molecule has 1 aliphatic rings. The Morgan fingerprint density at radius 2 is 1.85 bits per heavy atom. The molecule has 2 amide bonds. The first-order valence-corrected chi connectivity index (χ1v) is 7.57. The Labute approximate surface area is 121 Å². The van der Waals surface area contributed by atoms with E-state index in [2.05, 4.69) is 12.2 Å². The van der Waals surface area contributed by atoms with Crippen LogP contribution in [-0.2, 0) is 4.79 Å². The van der Waals surface area contributed by atoms with Crippen molar-refractivity contribution in [2.75, 3.05) is 19.6 Å². The normalized spacial score (nSPS) is 17.8. The summed E-state index contributed by atoms with van der Waals surface area (Å²) in [6.45, 7) is 7.03. The van der Waals surface area contributed by atoms with Crippen LogP contribution in [-0.4, -0.2) is 41.6 Å². The van der Waals surface area contributed by atoms with Crippen molar-refractivity contribution in [2.45, 2.75) is 52.9 Å². The van der Waals surface area contributed by atoms with Crippen LogP contribution in [0.25, 0.3) is 0 Å². The van der Waals surface area contributed by atoms with Crippen LogP contribution < -0.4 is 5.32 Å². The molecule has 0 atom stereocenters. The Morgan fingerprint density at radius 1 is 1.25 bits per heavy atom. The van der Waals surface area contributed by atoms with Crippen LogP contribution in [0.4, 0.5) is 4.79 Å². The van der Waals surface area contributed by atoms with Crippen molar-refractivity contribution in [3.05, 3.63) is 0 Å². The van der Waals surface area contributed by atoms with Gasteiger partial charge in [0.05, 0.1) is 0 Å². The molecule has 0 aromatic carbocycles. The molecule has 0 saturated heterocycles. The predicted molar refractivity (Wildman–Crippen MR) is 78.6 cm³/mol. The number of rotatable bonds is 6. The third-order valence-electron chi connectivity index (χ3n) is 3.93. The summed E-state index contributed by atoms with van der Waals surface area (Å²) in [5.41, 5.74) is 0.167. The Kier molecular flexibility index (Phi) is 6.30. The molecule has 116 valence electrons. The van der Waals surface area contributed by atoms with Crippen molar-refractivity contribution in [3.8, 4) is 0 Å². The molecule has 0 aromatic heterocycles. The maximum atomic E-state index is 12.2. The maximum Gasteiger partial charge on any atom is 0.323 e. The molecule has 0 radical (unpaired) electrons. The van der Waals surface area contributed by atoms with Gasteiger partial charge < -0.3 is 15.3 Å². The number of carbonyl (C=O) groups excluding carboxylic acids is 1. The standard InChI is InChI=1S/C15H28N2O3/c1-12(2)9-17(10-13(18)19)14(20)16-11-15(3)7-5-4-6-8-15/h12H,4-11H2,1-3H3,(H,16,20)(H,18,19). The molecule has 5 heteroatoms. The van der Waals surface area contributed by atoms with Crippen LogP contribution in [0.3, 0.4) is 0 Å². The number of hydrogen-bond acceptors (Lipinski definition) is 2. The zero-order chi connectivity index (χ0) is 15.2. The van der Waals surface area contributed by atoms with Gasteiger partial charge in [0.2, 0.25) is 0 Å². The molecule has 20 heavy (non-hydrogen) atoms. The first kappa shape index (κ1) is 16.8. The summed E-state index contributed by atoms with van der Waals surface area (Å²) in [5, 5.41) is 11.8. The number of carboxylic acid groups (broad SMARTS) is 1. The number of hydrogen-bond donors (Lipinski definition) is 2. The van der Waals surface area contributed by atoms with Gasteiger partial charge in [-0.15, -0.1) is 0 Å². The average Bonchev–Trinajstić information content (AvgIpc) is 2.35. The lowest BCUT2D eigenvalue weighted by Gasteiger charge is -2.34. The summed E-state index contributed by atoms with van der Waals surface area (Å²) in [6, 6.07) is -0.257. The van der Waals surface area contributed by atoms with Gasteiger partial charge in [-0.3, -0.25) is 4.79 Å². The van der Waals surface area contributed by atoms with E-state index in [4.69, 9.17) is 5.11 Å². The van der Waals surface area contributed by atoms with E-state index in [-0.39, 0.29) is 23.9 Å². The van der Waals surface area contributed by atoms with Crippen molar-refractivity contribution in [2.24, 2.45) is 11.3 Å². The lowest BCUT2D eigenvalue weighted by atomic mass is 9.76. The van der Waals surface area contributed by atoms with Gasteiger partial charge in [-0.2, -0.15) is 0 Å². The van der Waals surface area contributed by atoms with E-state index in [0.717, 1.165) is 12.8 Å². The summed E-state index contributed by atoms with van der Waals surface area (Å²) in [4.78, 5) is 24.4. The van der Waals surface area contributed by atoms with Gasteiger partial charge in [0, 0.05) is 13.1 Å². The molecule has 0 aliphatic heterocycles. The molecule has 1 saturated carbocycles. The third-order valence-corrected chi connectivity index (χ3v) is 3.93. The second-order valence-electron chi connectivity index (χ2n) is 6.70. The first-order valence-electron chi connectivity index (χ1n) is 7.57. The van der Waals surface area contributed by atoms with Crippen LogP contribution in [0.2, 0.25) is 0 Å². The Morgan fingerprint density at radius 3 is 2.35 bits per heavy atom. The van der Waals surface area contributed by atoms with Gasteiger partial charge in [0.15, 0.2) is 0 Å². The molecule has 1 fully saturated rings. The zero-order valence-corrected chi connectivity index (χ0v) is 12.9. The molecule has 0 heterocycles. The summed E-state index contributed by atoms with van der Waals surface area (Å²) in [6.07, 6.45) is 5.99. The lowest BCUT2D eigenvalue weighted by molar-refractivity contribution is -0.137. The Balaban J connectivity index is 2.50. The highest BCUT2D eigenvalue weighted by atomic mass is 16.4. The number of nitrogens with zero attached hydrogens (tertiary/aromatic N) is 1. The van der Waals surface area contributed by atoms with E-state index >= 15 is 0 Å². The summed E-state index contributed by atoms with van der Waals surface area (Å²) < 4.78 is 0. The highest BCUT2D eigenvalue weighted by molar-refractivity contribution is 5.80. The molecular weight excluding hydrogens is 256 g/mol. The number of aliphatic carboxylic acids is 1. The molecular formula is C15H28N2O3. The van der Waals surface area contributed by atoms with Crippen LogP contribution in [0.15, 0.2) is 0 Å². The lowest BCUT2D eigenvalue weighted by Crippen LogP contribution is -2.47. The minimum absolute atomic E-state index is 0.167. The van der Waals surface area contributed by atoms with Crippen molar-refractivity contribution in [3.63, 3.8) is 0 Å². The van der Waals surface area contributed by atoms with E-state index in [0.29, 0.717) is 13.1 Å². The number of carboxylic acids is 1. The molecule has 2 N–H and O–H groups in total. The second kappa shape index (κ2) is 7.50. The predicted octanol–water partition coefficient (Wildman–Crippen LogP) is 2.71. The fraction of sp³-hybridized carbons (Fsp3) is 0.867. The highest BCUT2D eigenvalue weighted by Gasteiger charge is 2.28. The summed E-state index contributed by atoms with van der Waals surface area (Å²) in [5.74, 6) is -0.713. The van der Waals surface area contributed by atoms with Crippen LogP contribution in [0.1, 0.15) is 52.9 Å². The van der Waals surface area contributed by atoms with Crippen molar-refractivity contribution in [1.29, 1.82) is 0 Å². The van der Waals surface area contributed by atoms with Crippen LogP contribution in [0, 0.1) is 11.3 Å².